The molecule has 234 valence electrons. The summed E-state index contributed by atoms with van der Waals surface area (Å²) >= 11 is 0. The highest BCUT2D eigenvalue weighted by molar-refractivity contribution is 5.94. The minimum atomic E-state index is -1.69. The van der Waals surface area contributed by atoms with Gasteiger partial charge in [-0.3, -0.25) is 24.0 Å². The van der Waals surface area contributed by atoms with Gasteiger partial charge in [0.2, 0.25) is 23.6 Å². The van der Waals surface area contributed by atoms with E-state index in [4.69, 9.17) is 21.7 Å². The number of carbonyl (C=O) groups excluding carboxylic acids is 4. The molecule has 0 aromatic heterocycles. The molecule has 0 saturated carbocycles. The SMILES string of the molecule is CC(C)CC(NC(=O)C(Cc1ccc(O)cc1)NC(=O)C(N)CCCCN)C(=O)NCC(=O)NC(CC(=O)O)C(=O)O. The van der Waals surface area contributed by atoms with Crippen molar-refractivity contribution in [1.29, 1.82) is 0 Å². The largest absolute Gasteiger partial charge is 0.508 e. The molecule has 0 saturated heterocycles. The number of hydrogen-bond donors (Lipinski definition) is 9. The van der Waals surface area contributed by atoms with Crippen LogP contribution in [-0.4, -0.2) is 88.1 Å². The summed E-state index contributed by atoms with van der Waals surface area (Å²) in [5.74, 6) is -5.99. The molecule has 15 nitrogen and oxygen atoms in total. The van der Waals surface area contributed by atoms with Gasteiger partial charge in [-0.2, -0.15) is 0 Å². The number of carboxylic acid groups (broad SMARTS) is 2. The quantitative estimate of drug-likeness (QED) is 0.0838. The first-order chi connectivity index (χ1) is 19.7. The van der Waals surface area contributed by atoms with Crippen LogP contribution in [0.15, 0.2) is 24.3 Å². The third-order valence-electron chi connectivity index (χ3n) is 6.09. The maximum Gasteiger partial charge on any atom is 0.326 e. The number of aromatic hydroxyl groups is 1. The zero-order chi connectivity index (χ0) is 31.8. The molecule has 0 radical (unpaired) electrons. The Labute approximate surface area is 243 Å². The molecule has 0 fully saturated rings. The van der Waals surface area contributed by atoms with Gasteiger partial charge in [-0.05, 0) is 49.4 Å². The predicted octanol–water partition coefficient (Wildman–Crippen LogP) is -1.43. The summed E-state index contributed by atoms with van der Waals surface area (Å²) in [6.45, 7) is 3.39. The summed E-state index contributed by atoms with van der Waals surface area (Å²) < 4.78 is 0. The van der Waals surface area contributed by atoms with Gasteiger partial charge in [-0.1, -0.05) is 32.4 Å². The van der Waals surface area contributed by atoms with E-state index in [1.807, 2.05) is 5.32 Å². The predicted molar refractivity (Wildman–Crippen MR) is 151 cm³/mol. The Balaban J connectivity index is 3.00. The van der Waals surface area contributed by atoms with E-state index in [2.05, 4.69) is 16.0 Å². The summed E-state index contributed by atoms with van der Waals surface area (Å²) in [7, 11) is 0. The number of phenolic OH excluding ortho intramolecular Hbond substituents is 1. The molecule has 1 rings (SSSR count). The van der Waals surface area contributed by atoms with Gasteiger partial charge < -0.3 is 48.1 Å². The van der Waals surface area contributed by atoms with Crippen LogP contribution in [0.4, 0.5) is 0 Å². The molecule has 4 unspecified atom stereocenters. The zero-order valence-corrected chi connectivity index (χ0v) is 23.8. The number of carboxylic acids is 2. The first-order valence-electron chi connectivity index (χ1n) is 13.6. The van der Waals surface area contributed by atoms with Gasteiger partial charge in [-0.15, -0.1) is 0 Å². The molecule has 15 heteroatoms. The second-order valence-electron chi connectivity index (χ2n) is 10.3. The van der Waals surface area contributed by atoms with Gasteiger partial charge in [0.25, 0.3) is 0 Å². The van der Waals surface area contributed by atoms with Gasteiger partial charge >= 0.3 is 11.9 Å². The number of phenols is 1. The van der Waals surface area contributed by atoms with Crippen LogP contribution < -0.4 is 32.7 Å². The zero-order valence-electron chi connectivity index (χ0n) is 23.8. The van der Waals surface area contributed by atoms with E-state index >= 15 is 0 Å². The number of nitrogens with one attached hydrogen (secondary N) is 4. The maximum atomic E-state index is 13.4. The standard InChI is InChI=1S/C27H42N6O9/c1-15(2)11-19(25(39)30-14-22(35)31-21(27(41)42)13-23(36)37)33-26(40)20(12-16-6-8-17(34)9-7-16)32-24(38)18(29)5-3-4-10-28/h6-9,15,18-21,34H,3-5,10-14,28-29H2,1-2H3,(H,30,39)(H,31,35)(H,32,38)(H,33,40)(H,36,37)(H,41,42). The third-order valence-corrected chi connectivity index (χ3v) is 6.09. The van der Waals surface area contributed by atoms with Crippen molar-refractivity contribution in [2.75, 3.05) is 13.1 Å². The molecule has 1 aromatic carbocycles. The number of nitrogens with two attached hydrogens (primary N) is 2. The van der Waals surface area contributed by atoms with Crippen LogP contribution in [0, 0.1) is 5.92 Å². The molecule has 0 heterocycles. The monoisotopic (exact) mass is 594 g/mol. The highest BCUT2D eigenvalue weighted by atomic mass is 16.4. The maximum absolute atomic E-state index is 13.4. The van der Waals surface area contributed by atoms with E-state index in [0.29, 0.717) is 31.4 Å². The van der Waals surface area contributed by atoms with Gasteiger partial charge in [0.15, 0.2) is 0 Å². The second-order valence-corrected chi connectivity index (χ2v) is 10.3. The highest BCUT2D eigenvalue weighted by Crippen LogP contribution is 2.13. The first kappa shape index (κ1) is 35.8. The Bertz CT molecular complexity index is 1080. The van der Waals surface area contributed by atoms with Crippen LogP contribution >= 0.6 is 0 Å². The van der Waals surface area contributed by atoms with Crippen molar-refractivity contribution in [2.45, 2.75) is 76.5 Å². The molecule has 0 bridgehead atoms. The molecular formula is C27H42N6O9. The minimum Gasteiger partial charge on any atom is -0.508 e. The lowest BCUT2D eigenvalue weighted by molar-refractivity contribution is -0.147. The number of benzene rings is 1. The molecule has 42 heavy (non-hydrogen) atoms. The Morgan fingerprint density at radius 3 is 2.00 bits per heavy atom. The average molecular weight is 595 g/mol. The molecule has 4 atom stereocenters. The topological polar surface area (TPSA) is 263 Å². The number of amides is 4. The van der Waals surface area contributed by atoms with Gasteiger partial charge in [0.1, 0.15) is 23.9 Å². The van der Waals surface area contributed by atoms with Crippen molar-refractivity contribution in [1.82, 2.24) is 21.3 Å². The fraction of sp³-hybridized carbons (Fsp3) is 0.556. The molecule has 1 aromatic rings. The van der Waals surface area contributed by atoms with Gasteiger partial charge in [0.05, 0.1) is 19.0 Å². The van der Waals surface area contributed by atoms with Gasteiger partial charge in [0, 0.05) is 6.42 Å². The smallest absolute Gasteiger partial charge is 0.326 e. The van der Waals surface area contributed by atoms with E-state index < -0.39 is 72.7 Å². The van der Waals surface area contributed by atoms with Crippen LogP contribution in [0.1, 0.15) is 51.5 Å². The summed E-state index contributed by atoms with van der Waals surface area (Å²) in [6.07, 6.45) is 0.977. The lowest BCUT2D eigenvalue weighted by Crippen LogP contribution is -2.57. The minimum absolute atomic E-state index is 0.0149. The number of carbonyl (C=O) groups is 6. The number of unbranched alkanes of at least 4 members (excludes halogenated alkanes) is 1. The Kier molecular flexibility index (Phi) is 15.5. The van der Waals surface area contributed by atoms with Crippen molar-refractivity contribution >= 4 is 35.6 Å². The summed E-state index contributed by atoms with van der Waals surface area (Å²) in [5.41, 5.74) is 12.1. The van der Waals surface area contributed by atoms with Crippen LogP contribution in [0.2, 0.25) is 0 Å². The van der Waals surface area contributed by atoms with E-state index in [0.717, 1.165) is 0 Å². The molecule has 0 aliphatic rings. The molecule has 4 amide bonds. The second kappa shape index (κ2) is 18.2. The fourth-order valence-corrected chi connectivity index (χ4v) is 3.88. The molecular weight excluding hydrogens is 552 g/mol. The lowest BCUT2D eigenvalue weighted by Gasteiger charge is -2.25. The molecule has 0 aliphatic heterocycles. The van der Waals surface area contributed by atoms with Gasteiger partial charge in [-0.25, -0.2) is 4.79 Å². The summed E-state index contributed by atoms with van der Waals surface area (Å²) in [4.78, 5) is 73.3. The van der Waals surface area contributed by atoms with E-state index in [1.54, 1.807) is 26.0 Å². The number of hydrogen-bond acceptors (Lipinski definition) is 9. The van der Waals surface area contributed by atoms with Crippen LogP contribution in [0.5, 0.6) is 5.75 Å². The number of rotatable bonds is 19. The van der Waals surface area contributed by atoms with E-state index in [1.165, 1.54) is 12.1 Å². The molecule has 0 spiro atoms. The Morgan fingerprint density at radius 2 is 1.45 bits per heavy atom. The highest BCUT2D eigenvalue weighted by Gasteiger charge is 2.29. The lowest BCUT2D eigenvalue weighted by atomic mass is 10.0. The Morgan fingerprint density at radius 1 is 0.833 bits per heavy atom. The van der Waals surface area contributed by atoms with E-state index in [-0.39, 0.29) is 24.5 Å². The summed E-state index contributed by atoms with van der Waals surface area (Å²) in [6, 6.07) is 1.16. The Hall–Kier alpha value is -4.24. The normalized spacial score (nSPS) is 13.7. The molecule has 0 aliphatic carbocycles. The fourth-order valence-electron chi connectivity index (χ4n) is 3.88. The first-order valence-corrected chi connectivity index (χ1v) is 13.6. The van der Waals surface area contributed by atoms with E-state index in [9.17, 15) is 33.9 Å². The van der Waals surface area contributed by atoms with Crippen LogP contribution in [0.3, 0.4) is 0 Å². The van der Waals surface area contributed by atoms with Crippen molar-refractivity contribution in [2.24, 2.45) is 17.4 Å². The van der Waals surface area contributed by atoms with Crippen LogP contribution in [-0.2, 0) is 35.2 Å². The number of aliphatic carboxylic acids is 2. The molecule has 11 N–H and O–H groups in total. The average Bonchev–Trinajstić information content (AvgIpc) is 2.91. The van der Waals surface area contributed by atoms with Crippen LogP contribution in [0.25, 0.3) is 0 Å². The van der Waals surface area contributed by atoms with Crippen molar-refractivity contribution in [3.05, 3.63) is 29.8 Å². The summed E-state index contributed by atoms with van der Waals surface area (Å²) in [5, 5.41) is 37.1. The van der Waals surface area contributed by atoms with Crippen molar-refractivity contribution in [3.8, 4) is 5.75 Å². The van der Waals surface area contributed by atoms with Crippen molar-refractivity contribution < 1.29 is 44.1 Å². The van der Waals surface area contributed by atoms with Crippen molar-refractivity contribution in [3.63, 3.8) is 0 Å². The third kappa shape index (κ3) is 13.9.